The minimum atomic E-state index is -0.629. The summed E-state index contributed by atoms with van der Waals surface area (Å²) < 4.78 is 0. The van der Waals surface area contributed by atoms with Gasteiger partial charge in [0, 0.05) is 29.3 Å². The lowest BCUT2D eigenvalue weighted by molar-refractivity contribution is 0.0810. The summed E-state index contributed by atoms with van der Waals surface area (Å²) in [4.78, 5) is 1.32. The van der Waals surface area contributed by atoms with E-state index in [2.05, 4.69) is 23.5 Å². The van der Waals surface area contributed by atoms with Crippen LogP contribution in [0.3, 0.4) is 0 Å². The molecule has 0 atom stereocenters. The van der Waals surface area contributed by atoms with Crippen LogP contribution in [0.5, 0.6) is 0 Å². The van der Waals surface area contributed by atoms with Gasteiger partial charge in [0.25, 0.3) is 0 Å². The Morgan fingerprint density at radius 2 is 2.27 bits per heavy atom. The summed E-state index contributed by atoms with van der Waals surface area (Å²) in [6.07, 6.45) is 0.701. The van der Waals surface area contributed by atoms with Gasteiger partial charge >= 0.3 is 0 Å². The molecule has 0 bridgehead atoms. The molecule has 0 aromatic heterocycles. The molecule has 2 rings (SSSR count). The molecule has 2 N–H and O–H groups in total. The van der Waals surface area contributed by atoms with Crippen molar-refractivity contribution in [2.45, 2.75) is 30.8 Å². The third-order valence-electron chi connectivity index (χ3n) is 2.36. The van der Waals surface area contributed by atoms with Gasteiger partial charge in [-0.3, -0.25) is 0 Å². The summed E-state index contributed by atoms with van der Waals surface area (Å²) in [6.45, 7) is 4.72. The van der Waals surface area contributed by atoms with E-state index in [1.807, 2.05) is 25.6 Å². The molecule has 0 fully saturated rings. The highest BCUT2D eigenvalue weighted by Crippen LogP contribution is 2.32. The fraction of sp³-hybridized carbons (Fsp3) is 0.500. The molecule has 1 aliphatic heterocycles. The largest absolute Gasteiger partial charge is 0.390 e. The van der Waals surface area contributed by atoms with Crippen molar-refractivity contribution in [3.8, 4) is 0 Å². The van der Waals surface area contributed by atoms with Gasteiger partial charge in [-0.05, 0) is 31.5 Å². The van der Waals surface area contributed by atoms with Crippen LogP contribution in [-0.4, -0.2) is 23.0 Å². The van der Waals surface area contributed by atoms with Crippen molar-refractivity contribution in [3.05, 3.63) is 23.8 Å². The van der Waals surface area contributed by atoms with Gasteiger partial charge in [-0.15, -0.1) is 11.8 Å². The normalized spacial score (nSPS) is 15.7. The van der Waals surface area contributed by atoms with E-state index in [0.717, 1.165) is 12.3 Å². The number of nitrogens with one attached hydrogen (secondary N) is 1. The minimum absolute atomic E-state index is 0.629. The summed E-state index contributed by atoms with van der Waals surface area (Å²) in [7, 11) is 0. The first-order valence-corrected chi connectivity index (χ1v) is 6.25. The Kier molecular flexibility index (Phi) is 2.94. The molecule has 0 unspecified atom stereocenters. The third-order valence-corrected chi connectivity index (χ3v) is 3.43. The van der Waals surface area contributed by atoms with E-state index in [1.165, 1.54) is 16.1 Å². The molecule has 82 valence electrons. The van der Waals surface area contributed by atoms with Gasteiger partial charge in [0.1, 0.15) is 0 Å². The number of fused-ring (bicyclic) bond motifs is 1. The monoisotopic (exact) mass is 223 g/mol. The second-order valence-corrected chi connectivity index (χ2v) is 5.73. The average Bonchev–Trinajstić information content (AvgIpc) is 2.15. The molecule has 3 heteroatoms. The summed E-state index contributed by atoms with van der Waals surface area (Å²) >= 11 is 1.89. The minimum Gasteiger partial charge on any atom is -0.390 e. The highest BCUT2D eigenvalue weighted by Gasteiger charge is 2.15. The Bertz CT molecular complexity index is 357. The van der Waals surface area contributed by atoms with Crippen molar-refractivity contribution in [3.63, 3.8) is 0 Å². The van der Waals surface area contributed by atoms with E-state index in [4.69, 9.17) is 0 Å². The second-order valence-electron chi connectivity index (χ2n) is 4.59. The fourth-order valence-electron chi connectivity index (χ4n) is 1.80. The molecule has 0 spiro atoms. The van der Waals surface area contributed by atoms with E-state index in [9.17, 15) is 5.11 Å². The van der Waals surface area contributed by atoms with Crippen LogP contribution in [0.1, 0.15) is 19.4 Å². The zero-order chi connectivity index (χ0) is 10.9. The quantitative estimate of drug-likeness (QED) is 0.808. The van der Waals surface area contributed by atoms with Crippen LogP contribution in [0.25, 0.3) is 0 Å². The molecule has 0 amide bonds. The number of benzene rings is 1. The van der Waals surface area contributed by atoms with E-state index in [-0.39, 0.29) is 0 Å². The smallest absolute Gasteiger partial charge is 0.0631 e. The first-order chi connectivity index (χ1) is 7.04. The van der Waals surface area contributed by atoms with Gasteiger partial charge < -0.3 is 10.4 Å². The lowest BCUT2D eigenvalue weighted by Crippen LogP contribution is -2.22. The van der Waals surface area contributed by atoms with Crippen molar-refractivity contribution in [2.75, 3.05) is 17.6 Å². The zero-order valence-electron chi connectivity index (χ0n) is 9.21. The van der Waals surface area contributed by atoms with Crippen LogP contribution in [0.4, 0.5) is 5.69 Å². The van der Waals surface area contributed by atoms with Gasteiger partial charge in [-0.2, -0.15) is 0 Å². The van der Waals surface area contributed by atoms with Crippen molar-refractivity contribution < 1.29 is 5.11 Å². The van der Waals surface area contributed by atoms with Crippen molar-refractivity contribution in [1.29, 1.82) is 0 Å². The Morgan fingerprint density at radius 1 is 1.47 bits per heavy atom. The van der Waals surface area contributed by atoms with Crippen LogP contribution in [0.15, 0.2) is 23.1 Å². The molecule has 0 radical (unpaired) electrons. The summed E-state index contributed by atoms with van der Waals surface area (Å²) in [5.74, 6) is 1.14. The van der Waals surface area contributed by atoms with Gasteiger partial charge in [0.2, 0.25) is 0 Å². The maximum absolute atomic E-state index is 9.75. The second kappa shape index (κ2) is 4.06. The Balaban J connectivity index is 2.21. The lowest BCUT2D eigenvalue weighted by atomic mass is 9.98. The standard InChI is InChI=1S/C12H17NOS/c1-12(2,14)8-9-3-4-11-10(7-9)13-5-6-15-11/h3-4,7,13-14H,5-6,8H2,1-2H3. The maximum atomic E-state index is 9.75. The first-order valence-electron chi connectivity index (χ1n) is 5.27. The summed E-state index contributed by atoms with van der Waals surface area (Å²) in [6, 6.07) is 6.41. The average molecular weight is 223 g/mol. The Hall–Kier alpha value is -0.670. The number of thioether (sulfide) groups is 1. The number of aliphatic hydroxyl groups is 1. The topological polar surface area (TPSA) is 32.3 Å². The van der Waals surface area contributed by atoms with Gasteiger partial charge in [-0.25, -0.2) is 0 Å². The van der Waals surface area contributed by atoms with E-state index in [1.54, 1.807) is 0 Å². The van der Waals surface area contributed by atoms with E-state index in [0.29, 0.717) is 6.42 Å². The highest BCUT2D eigenvalue weighted by molar-refractivity contribution is 7.99. The van der Waals surface area contributed by atoms with Crippen LogP contribution >= 0.6 is 11.8 Å². The fourth-order valence-corrected chi connectivity index (χ4v) is 2.67. The first kappa shape index (κ1) is 10.8. The molecule has 0 saturated carbocycles. The number of hydrogen-bond donors (Lipinski definition) is 2. The molecule has 1 aromatic rings. The molecule has 15 heavy (non-hydrogen) atoms. The SMILES string of the molecule is CC(C)(O)Cc1ccc2c(c1)NCCS2. The lowest BCUT2D eigenvalue weighted by Gasteiger charge is -2.21. The number of hydrogen-bond acceptors (Lipinski definition) is 3. The van der Waals surface area contributed by atoms with Crippen LogP contribution in [0.2, 0.25) is 0 Å². The third kappa shape index (κ3) is 2.89. The van der Waals surface area contributed by atoms with E-state index >= 15 is 0 Å². The van der Waals surface area contributed by atoms with Crippen molar-refractivity contribution >= 4 is 17.4 Å². The molecule has 1 aliphatic rings. The highest BCUT2D eigenvalue weighted by atomic mass is 32.2. The molecule has 2 nitrogen and oxygen atoms in total. The number of anilines is 1. The predicted octanol–water partition coefficient (Wildman–Crippen LogP) is 2.52. The Morgan fingerprint density at radius 3 is 3.00 bits per heavy atom. The Labute approximate surface area is 95.1 Å². The predicted molar refractivity (Wildman–Crippen MR) is 65.7 cm³/mol. The number of rotatable bonds is 2. The molecule has 0 aliphatic carbocycles. The van der Waals surface area contributed by atoms with Gasteiger partial charge in [0.15, 0.2) is 0 Å². The molecule has 1 heterocycles. The zero-order valence-corrected chi connectivity index (χ0v) is 10.0. The van der Waals surface area contributed by atoms with Crippen LogP contribution in [0, 0.1) is 0 Å². The maximum Gasteiger partial charge on any atom is 0.0631 e. The molecular weight excluding hydrogens is 206 g/mol. The van der Waals surface area contributed by atoms with Crippen molar-refractivity contribution in [1.82, 2.24) is 0 Å². The summed E-state index contributed by atoms with van der Waals surface area (Å²) in [5, 5.41) is 13.1. The van der Waals surface area contributed by atoms with E-state index < -0.39 is 5.60 Å². The van der Waals surface area contributed by atoms with Crippen molar-refractivity contribution in [2.24, 2.45) is 0 Å². The summed E-state index contributed by atoms with van der Waals surface area (Å²) in [5.41, 5.74) is 1.78. The van der Waals surface area contributed by atoms with Gasteiger partial charge in [0.05, 0.1) is 5.60 Å². The molecule has 0 saturated heterocycles. The molecule has 1 aromatic carbocycles. The van der Waals surface area contributed by atoms with Crippen LogP contribution < -0.4 is 5.32 Å². The molecular formula is C12H17NOS. The van der Waals surface area contributed by atoms with Crippen LogP contribution in [-0.2, 0) is 6.42 Å². The van der Waals surface area contributed by atoms with Gasteiger partial charge in [-0.1, -0.05) is 6.07 Å².